The van der Waals surface area contributed by atoms with Crippen molar-refractivity contribution in [2.45, 2.75) is 63.8 Å². The maximum atomic E-state index is 14.6. The maximum absolute atomic E-state index is 14.6. The lowest BCUT2D eigenvalue weighted by atomic mass is 9.69. The predicted octanol–water partition coefficient (Wildman–Crippen LogP) is 5.04. The van der Waals surface area contributed by atoms with E-state index in [-0.39, 0.29) is 24.1 Å². The molecule has 1 fully saturated rings. The fraction of sp³-hybridized carbons (Fsp3) is 0.600. The molecule has 0 unspecified atom stereocenters. The van der Waals surface area contributed by atoms with Crippen LogP contribution in [0.1, 0.15) is 52.0 Å². The topological polar surface area (TPSA) is 38.7 Å². The minimum absolute atomic E-state index is 0.0733. The van der Waals surface area contributed by atoms with Crippen LogP contribution in [0, 0.1) is 11.7 Å². The van der Waals surface area contributed by atoms with Gasteiger partial charge in [0.1, 0.15) is 17.6 Å². The number of carbonyl (C=O) groups is 1. The molecule has 0 aromatic heterocycles. The van der Waals surface area contributed by atoms with Crippen LogP contribution in [0.25, 0.3) is 0 Å². The first kappa shape index (κ1) is 19.3. The van der Waals surface area contributed by atoms with Gasteiger partial charge < -0.3 is 4.74 Å². The fourth-order valence-electron chi connectivity index (χ4n) is 3.83. The molecule has 142 valence electrons. The van der Waals surface area contributed by atoms with Crippen LogP contribution in [0.2, 0.25) is 0 Å². The highest BCUT2D eigenvalue weighted by Crippen LogP contribution is 2.50. The van der Waals surface area contributed by atoms with Crippen molar-refractivity contribution in [3.05, 3.63) is 35.6 Å². The molecule has 3 nitrogen and oxygen atoms in total. The number of nitrogens with zero attached hydrogens (tertiary/aromatic N) is 1. The van der Waals surface area contributed by atoms with Crippen LogP contribution in [0.3, 0.4) is 0 Å². The molecule has 3 atom stereocenters. The number of ether oxygens (including phenoxy) is 1. The number of rotatable bonds is 3. The van der Waals surface area contributed by atoms with Gasteiger partial charge in [-0.25, -0.2) is 8.78 Å². The van der Waals surface area contributed by atoms with Crippen molar-refractivity contribution in [2.24, 2.45) is 10.9 Å². The van der Waals surface area contributed by atoms with Gasteiger partial charge in [0.2, 0.25) is 0 Å². The van der Waals surface area contributed by atoms with Crippen LogP contribution in [0.5, 0.6) is 0 Å². The third kappa shape index (κ3) is 4.11. The number of hydrogen-bond donors (Lipinski definition) is 0. The summed E-state index contributed by atoms with van der Waals surface area (Å²) in [6, 6.07) is 6.60. The molecule has 1 heterocycles. The Morgan fingerprint density at radius 2 is 2.12 bits per heavy atom. The van der Waals surface area contributed by atoms with E-state index in [1.54, 1.807) is 18.2 Å². The SMILES string of the molecule is CC(C)(C)OC(=O)CC1=N[C@@]2(c3ccccc3F)CC[C@@H](F)C[C@H]2CS1. The van der Waals surface area contributed by atoms with Crippen LogP contribution in [0.15, 0.2) is 29.3 Å². The maximum Gasteiger partial charge on any atom is 0.312 e. The lowest BCUT2D eigenvalue weighted by Crippen LogP contribution is -2.44. The summed E-state index contributed by atoms with van der Waals surface area (Å²) in [6.45, 7) is 5.46. The second kappa shape index (κ2) is 7.29. The Balaban J connectivity index is 1.93. The Morgan fingerprint density at radius 3 is 2.81 bits per heavy atom. The van der Waals surface area contributed by atoms with Gasteiger partial charge in [-0.15, -0.1) is 11.8 Å². The normalized spacial score (nSPS) is 28.9. The van der Waals surface area contributed by atoms with E-state index in [4.69, 9.17) is 9.73 Å². The van der Waals surface area contributed by atoms with Gasteiger partial charge >= 0.3 is 5.97 Å². The zero-order valence-corrected chi connectivity index (χ0v) is 16.2. The van der Waals surface area contributed by atoms with Gasteiger partial charge in [0.15, 0.2) is 0 Å². The molecule has 1 saturated carbocycles. The third-order valence-corrected chi connectivity index (χ3v) is 6.02. The summed E-state index contributed by atoms with van der Waals surface area (Å²) in [6.07, 6.45) is 0.397. The molecule has 26 heavy (non-hydrogen) atoms. The van der Waals surface area contributed by atoms with Gasteiger partial charge in [0, 0.05) is 17.2 Å². The van der Waals surface area contributed by atoms with Crippen LogP contribution in [-0.4, -0.2) is 28.5 Å². The van der Waals surface area contributed by atoms with Crippen molar-refractivity contribution in [1.82, 2.24) is 0 Å². The quantitative estimate of drug-likeness (QED) is 0.689. The molecule has 0 amide bonds. The number of halogens is 2. The van der Waals surface area contributed by atoms with Crippen LogP contribution >= 0.6 is 11.8 Å². The second-order valence-electron chi connectivity index (χ2n) is 8.05. The van der Waals surface area contributed by atoms with Gasteiger partial charge in [-0.05, 0) is 46.1 Å². The van der Waals surface area contributed by atoms with E-state index in [0.29, 0.717) is 35.6 Å². The molecule has 0 spiro atoms. The number of esters is 1. The Morgan fingerprint density at radius 1 is 1.38 bits per heavy atom. The van der Waals surface area contributed by atoms with Gasteiger partial charge in [0.25, 0.3) is 0 Å². The Bertz CT molecular complexity index is 716. The fourth-order valence-corrected chi connectivity index (χ4v) is 5.08. The average molecular weight is 381 g/mol. The Kier molecular flexibility index (Phi) is 5.42. The van der Waals surface area contributed by atoms with E-state index in [0.717, 1.165) is 0 Å². The van der Waals surface area contributed by atoms with Gasteiger partial charge in [-0.1, -0.05) is 18.2 Å². The first-order valence-electron chi connectivity index (χ1n) is 9.02. The van der Waals surface area contributed by atoms with E-state index in [2.05, 4.69) is 0 Å². The Labute approximate surface area is 157 Å². The van der Waals surface area contributed by atoms with Crippen molar-refractivity contribution in [3.63, 3.8) is 0 Å². The molecule has 0 bridgehead atoms. The van der Waals surface area contributed by atoms with Crippen molar-refractivity contribution in [2.75, 3.05) is 5.75 Å². The minimum Gasteiger partial charge on any atom is -0.460 e. The van der Waals surface area contributed by atoms with Crippen molar-refractivity contribution < 1.29 is 18.3 Å². The summed E-state index contributed by atoms with van der Waals surface area (Å²) in [5.74, 6) is -0.0983. The summed E-state index contributed by atoms with van der Waals surface area (Å²) in [5.41, 5.74) is -0.829. The molecular weight excluding hydrogens is 356 g/mol. The van der Waals surface area contributed by atoms with E-state index >= 15 is 0 Å². The van der Waals surface area contributed by atoms with E-state index in [9.17, 15) is 13.6 Å². The zero-order valence-electron chi connectivity index (χ0n) is 15.4. The number of benzene rings is 1. The number of carbonyl (C=O) groups excluding carboxylic acids is 1. The first-order valence-corrected chi connectivity index (χ1v) is 10.0. The predicted molar refractivity (Wildman–Crippen MR) is 101 cm³/mol. The molecule has 0 radical (unpaired) electrons. The molecule has 1 aliphatic heterocycles. The average Bonchev–Trinajstić information content (AvgIpc) is 2.53. The van der Waals surface area contributed by atoms with Gasteiger partial charge in [-0.2, -0.15) is 0 Å². The van der Waals surface area contributed by atoms with Gasteiger partial charge in [0.05, 0.1) is 17.0 Å². The standard InChI is InChI=1S/C20H25F2NO2S/c1-19(2,3)25-18(24)11-17-23-20(15-6-4-5-7-16(15)22)9-8-14(21)10-13(20)12-26-17/h4-7,13-14H,8-12H2,1-3H3/t13-,14+,20-/m0/s1. The highest BCUT2D eigenvalue weighted by molar-refractivity contribution is 8.14. The van der Waals surface area contributed by atoms with Crippen LogP contribution < -0.4 is 0 Å². The summed E-state index contributed by atoms with van der Waals surface area (Å²) in [5, 5.41) is 0.649. The second-order valence-corrected chi connectivity index (χ2v) is 9.15. The van der Waals surface area contributed by atoms with Crippen molar-refractivity contribution >= 4 is 22.8 Å². The molecule has 0 N–H and O–H groups in total. The number of thioether (sulfide) groups is 1. The third-order valence-electron chi connectivity index (χ3n) is 4.89. The molecule has 1 aliphatic carbocycles. The first-order chi connectivity index (χ1) is 12.2. The monoisotopic (exact) mass is 381 g/mol. The number of fused-ring (bicyclic) bond motifs is 1. The van der Waals surface area contributed by atoms with Gasteiger partial charge in [-0.3, -0.25) is 9.79 Å². The molecule has 3 rings (SSSR count). The number of alkyl halides is 1. The number of aliphatic imine (C=N–C) groups is 1. The lowest BCUT2D eigenvalue weighted by molar-refractivity contribution is -0.153. The van der Waals surface area contributed by atoms with Crippen LogP contribution in [0.4, 0.5) is 8.78 Å². The summed E-state index contributed by atoms with van der Waals surface area (Å²) in [7, 11) is 0. The summed E-state index contributed by atoms with van der Waals surface area (Å²) in [4.78, 5) is 17.0. The van der Waals surface area contributed by atoms with Crippen molar-refractivity contribution in [3.8, 4) is 0 Å². The largest absolute Gasteiger partial charge is 0.460 e. The van der Waals surface area contributed by atoms with Crippen molar-refractivity contribution in [1.29, 1.82) is 0 Å². The van der Waals surface area contributed by atoms with E-state index < -0.39 is 17.3 Å². The molecule has 1 aromatic carbocycles. The summed E-state index contributed by atoms with van der Waals surface area (Å²) >= 11 is 1.46. The highest BCUT2D eigenvalue weighted by Gasteiger charge is 2.48. The zero-order chi connectivity index (χ0) is 18.9. The number of hydrogen-bond acceptors (Lipinski definition) is 4. The van der Waals surface area contributed by atoms with E-state index in [1.165, 1.54) is 17.8 Å². The Hall–Kier alpha value is -1.43. The summed E-state index contributed by atoms with van der Waals surface area (Å²) < 4.78 is 34.0. The van der Waals surface area contributed by atoms with E-state index in [1.807, 2.05) is 20.8 Å². The molecule has 0 saturated heterocycles. The molecule has 6 heteroatoms. The molecule has 1 aromatic rings. The minimum atomic E-state index is -0.872. The molecule has 2 aliphatic rings. The lowest BCUT2D eigenvalue weighted by Gasteiger charge is -2.45. The molecular formula is C20H25F2NO2S. The smallest absolute Gasteiger partial charge is 0.312 e. The van der Waals surface area contributed by atoms with Crippen LogP contribution in [-0.2, 0) is 15.1 Å². The highest BCUT2D eigenvalue weighted by atomic mass is 32.2.